The first kappa shape index (κ1) is 14.0. The van der Waals surface area contributed by atoms with E-state index in [2.05, 4.69) is 10.3 Å². The maximum absolute atomic E-state index is 12.0. The van der Waals surface area contributed by atoms with Gasteiger partial charge in [0.25, 0.3) is 5.91 Å². The highest BCUT2D eigenvalue weighted by Crippen LogP contribution is 2.16. The zero-order chi connectivity index (χ0) is 14.5. The Kier molecular flexibility index (Phi) is 4.28. The number of nitrogens with one attached hydrogen (secondary N) is 1. The number of carbonyl (C=O) groups excluding carboxylic acids is 1. The summed E-state index contributed by atoms with van der Waals surface area (Å²) in [5.41, 5.74) is 3.10. The minimum Gasteiger partial charge on any atom is -0.297 e. The Labute approximate surface area is 121 Å². The largest absolute Gasteiger partial charge is 0.297 e. The minimum absolute atomic E-state index is 0.0622. The molecule has 0 aliphatic rings. The smallest absolute Gasteiger partial charge is 0.268 e. The molecule has 0 aliphatic carbocycles. The molecule has 2 aromatic rings. The van der Waals surface area contributed by atoms with Crippen molar-refractivity contribution in [3.63, 3.8) is 0 Å². The number of benzene rings is 1. The fraction of sp³-hybridized carbons (Fsp3) is 0.133. The van der Waals surface area contributed by atoms with E-state index in [4.69, 9.17) is 5.26 Å². The van der Waals surface area contributed by atoms with Crippen molar-refractivity contribution < 1.29 is 4.79 Å². The van der Waals surface area contributed by atoms with Gasteiger partial charge in [0.15, 0.2) is 5.13 Å². The molecule has 0 fully saturated rings. The molecule has 0 saturated carbocycles. The van der Waals surface area contributed by atoms with Gasteiger partial charge in [-0.15, -0.1) is 11.3 Å². The maximum atomic E-state index is 12.0. The average Bonchev–Trinajstić information content (AvgIpc) is 2.90. The van der Waals surface area contributed by atoms with E-state index < -0.39 is 5.91 Å². The molecule has 1 amide bonds. The molecule has 5 heteroatoms. The predicted octanol–water partition coefficient (Wildman–Crippen LogP) is 3.31. The summed E-state index contributed by atoms with van der Waals surface area (Å²) in [6.45, 7) is 3.95. The zero-order valence-electron chi connectivity index (χ0n) is 11.2. The highest BCUT2D eigenvalue weighted by molar-refractivity contribution is 7.13. The molecule has 0 spiro atoms. The first-order chi connectivity index (χ1) is 9.60. The summed E-state index contributed by atoms with van der Waals surface area (Å²) in [7, 11) is 0. The molecule has 0 unspecified atom stereocenters. The van der Waals surface area contributed by atoms with Crippen molar-refractivity contribution in [1.29, 1.82) is 5.26 Å². The van der Waals surface area contributed by atoms with Crippen LogP contribution in [0.25, 0.3) is 6.08 Å². The number of carbonyl (C=O) groups is 1. The Balaban J connectivity index is 2.25. The van der Waals surface area contributed by atoms with Crippen molar-refractivity contribution in [2.45, 2.75) is 13.8 Å². The Morgan fingerprint density at radius 3 is 2.85 bits per heavy atom. The van der Waals surface area contributed by atoms with Gasteiger partial charge < -0.3 is 0 Å². The molecular weight excluding hydrogens is 270 g/mol. The molecule has 1 aromatic heterocycles. The highest BCUT2D eigenvalue weighted by Gasteiger charge is 2.11. The van der Waals surface area contributed by atoms with E-state index in [1.165, 1.54) is 11.3 Å². The Bertz CT molecular complexity index is 696. The summed E-state index contributed by atoms with van der Waals surface area (Å²) >= 11 is 1.31. The molecule has 1 aromatic carbocycles. The lowest BCUT2D eigenvalue weighted by atomic mass is 10.0. The van der Waals surface area contributed by atoms with Crippen molar-refractivity contribution >= 4 is 28.5 Å². The Morgan fingerprint density at radius 2 is 2.25 bits per heavy atom. The van der Waals surface area contributed by atoms with Gasteiger partial charge >= 0.3 is 0 Å². The monoisotopic (exact) mass is 283 g/mol. The maximum Gasteiger partial charge on any atom is 0.268 e. The lowest BCUT2D eigenvalue weighted by Crippen LogP contribution is -2.13. The van der Waals surface area contributed by atoms with Crippen molar-refractivity contribution in [2.24, 2.45) is 0 Å². The number of hydrogen-bond donors (Lipinski definition) is 1. The van der Waals surface area contributed by atoms with E-state index in [-0.39, 0.29) is 5.57 Å². The van der Waals surface area contributed by atoms with Crippen molar-refractivity contribution in [3.05, 3.63) is 52.0 Å². The number of nitrogens with zero attached hydrogens (tertiary/aromatic N) is 2. The van der Waals surface area contributed by atoms with E-state index in [1.54, 1.807) is 17.7 Å². The zero-order valence-corrected chi connectivity index (χ0v) is 12.0. The number of amides is 1. The Morgan fingerprint density at radius 1 is 1.45 bits per heavy atom. The molecule has 100 valence electrons. The van der Waals surface area contributed by atoms with E-state index in [1.807, 2.05) is 38.1 Å². The molecule has 4 nitrogen and oxygen atoms in total. The number of aryl methyl sites for hydroxylation is 2. The van der Waals surface area contributed by atoms with Crippen molar-refractivity contribution in [3.8, 4) is 6.07 Å². The van der Waals surface area contributed by atoms with Gasteiger partial charge in [0.1, 0.15) is 11.6 Å². The molecule has 0 bridgehead atoms. The number of hydrogen-bond acceptors (Lipinski definition) is 4. The van der Waals surface area contributed by atoms with Crippen LogP contribution in [0.15, 0.2) is 35.3 Å². The standard InChI is InChI=1S/C15H13N3OS/c1-10-3-4-12(11(2)7-10)8-13(9-16)14(19)18-15-17-5-6-20-15/h3-8H,1-2H3,(H,17,18,19)/b13-8+. The summed E-state index contributed by atoms with van der Waals surface area (Å²) < 4.78 is 0. The molecule has 1 N–H and O–H groups in total. The van der Waals surface area contributed by atoms with Crippen molar-refractivity contribution in [2.75, 3.05) is 5.32 Å². The van der Waals surface area contributed by atoms with Crippen LogP contribution < -0.4 is 5.32 Å². The quantitative estimate of drug-likeness (QED) is 0.694. The second-order valence-corrected chi connectivity index (χ2v) is 5.22. The SMILES string of the molecule is Cc1ccc(/C=C(\C#N)C(=O)Nc2nccs2)c(C)c1. The average molecular weight is 283 g/mol. The van der Waals surface area contributed by atoms with Gasteiger partial charge in [-0.3, -0.25) is 10.1 Å². The summed E-state index contributed by atoms with van der Waals surface area (Å²) in [4.78, 5) is 15.9. The fourth-order valence-electron chi connectivity index (χ4n) is 1.74. The highest BCUT2D eigenvalue weighted by atomic mass is 32.1. The summed E-state index contributed by atoms with van der Waals surface area (Å²) in [5.74, 6) is -0.442. The lowest BCUT2D eigenvalue weighted by molar-refractivity contribution is -0.112. The van der Waals surface area contributed by atoms with Crippen LogP contribution in [0.2, 0.25) is 0 Å². The van der Waals surface area contributed by atoms with Crippen LogP contribution in [0.1, 0.15) is 16.7 Å². The van der Waals surface area contributed by atoms with Gasteiger partial charge in [0.05, 0.1) is 0 Å². The number of rotatable bonds is 3. The molecular formula is C15H13N3OS. The van der Waals surface area contributed by atoms with Gasteiger partial charge in [0.2, 0.25) is 0 Å². The number of nitriles is 1. The first-order valence-corrected chi connectivity index (χ1v) is 6.88. The molecule has 20 heavy (non-hydrogen) atoms. The third kappa shape index (κ3) is 3.31. The molecule has 0 saturated heterocycles. The second kappa shape index (κ2) is 6.13. The number of anilines is 1. The van der Waals surface area contributed by atoms with Gasteiger partial charge in [-0.05, 0) is 31.1 Å². The summed E-state index contributed by atoms with van der Waals surface area (Å²) in [6, 6.07) is 7.80. The van der Waals surface area contributed by atoms with Gasteiger partial charge in [-0.25, -0.2) is 4.98 Å². The van der Waals surface area contributed by atoms with Gasteiger partial charge in [-0.1, -0.05) is 23.8 Å². The van der Waals surface area contributed by atoms with Crippen LogP contribution in [0, 0.1) is 25.2 Å². The predicted molar refractivity (Wildman–Crippen MR) is 80.2 cm³/mol. The molecule has 0 atom stereocenters. The number of aromatic nitrogens is 1. The van der Waals surface area contributed by atoms with Crippen LogP contribution in [-0.2, 0) is 4.79 Å². The van der Waals surface area contributed by atoms with Crippen LogP contribution in [-0.4, -0.2) is 10.9 Å². The molecule has 2 rings (SSSR count). The molecule has 0 aliphatic heterocycles. The first-order valence-electron chi connectivity index (χ1n) is 6.00. The molecule has 0 radical (unpaired) electrons. The summed E-state index contributed by atoms with van der Waals surface area (Å²) in [6.07, 6.45) is 3.19. The van der Waals surface area contributed by atoms with Crippen LogP contribution >= 0.6 is 11.3 Å². The van der Waals surface area contributed by atoms with Crippen LogP contribution in [0.4, 0.5) is 5.13 Å². The van der Waals surface area contributed by atoms with E-state index >= 15 is 0 Å². The molecule has 1 heterocycles. The lowest BCUT2D eigenvalue weighted by Gasteiger charge is -2.04. The van der Waals surface area contributed by atoms with Crippen LogP contribution in [0.5, 0.6) is 0 Å². The van der Waals surface area contributed by atoms with E-state index in [0.717, 1.165) is 16.7 Å². The van der Waals surface area contributed by atoms with Crippen LogP contribution in [0.3, 0.4) is 0 Å². The van der Waals surface area contributed by atoms with Gasteiger partial charge in [0, 0.05) is 11.6 Å². The second-order valence-electron chi connectivity index (χ2n) is 4.32. The van der Waals surface area contributed by atoms with Gasteiger partial charge in [-0.2, -0.15) is 5.26 Å². The third-order valence-electron chi connectivity index (χ3n) is 2.74. The van der Waals surface area contributed by atoms with E-state index in [9.17, 15) is 4.79 Å². The topological polar surface area (TPSA) is 65.8 Å². The minimum atomic E-state index is -0.442. The normalized spacial score (nSPS) is 10.9. The fourth-order valence-corrected chi connectivity index (χ4v) is 2.27. The van der Waals surface area contributed by atoms with Crippen molar-refractivity contribution in [1.82, 2.24) is 4.98 Å². The number of thiazole rings is 1. The summed E-state index contributed by atoms with van der Waals surface area (Å²) in [5, 5.41) is 14.0. The van der Waals surface area contributed by atoms with E-state index in [0.29, 0.717) is 5.13 Å². The Hall–Kier alpha value is -2.45. The third-order valence-corrected chi connectivity index (χ3v) is 3.43.